The Balaban J connectivity index is 2.22. The number of halogens is 1. The third-order valence-electron chi connectivity index (χ3n) is 2.49. The van der Waals surface area contributed by atoms with Gasteiger partial charge in [0.15, 0.2) is 0 Å². The molecule has 9 heteroatoms. The Morgan fingerprint density at radius 2 is 2.20 bits per heavy atom. The van der Waals surface area contributed by atoms with Crippen molar-refractivity contribution < 1.29 is 8.42 Å². The normalized spacial score (nSPS) is 11.9. The number of nitrogens with zero attached hydrogens (tertiary/aromatic N) is 1. The number of hydrogen-bond acceptors (Lipinski definition) is 5. The van der Waals surface area contributed by atoms with Gasteiger partial charge in [-0.3, -0.25) is 0 Å². The van der Waals surface area contributed by atoms with E-state index in [4.69, 9.17) is 18.0 Å². The molecule has 0 radical (unpaired) electrons. The second-order valence-corrected chi connectivity index (χ2v) is 9.68. The first kappa shape index (κ1) is 16.1. The second-order valence-electron chi connectivity index (χ2n) is 3.98. The highest BCUT2D eigenvalue weighted by Crippen LogP contribution is 2.27. The number of thiophene rings is 2. The number of hydrogen-bond donors (Lipinski definition) is 1. The van der Waals surface area contributed by atoms with Gasteiger partial charge in [0.05, 0.1) is 4.88 Å². The lowest BCUT2D eigenvalue weighted by Gasteiger charge is -2.14. The fraction of sp³-hybridized carbons (Fsp3) is 0.182. The van der Waals surface area contributed by atoms with Crippen molar-refractivity contribution in [3.8, 4) is 0 Å². The van der Waals surface area contributed by atoms with Gasteiger partial charge in [-0.1, -0.05) is 12.2 Å². The summed E-state index contributed by atoms with van der Waals surface area (Å²) in [6.45, 7) is 0.332. The van der Waals surface area contributed by atoms with Gasteiger partial charge < -0.3 is 5.73 Å². The molecule has 108 valence electrons. The predicted molar refractivity (Wildman–Crippen MR) is 90.9 cm³/mol. The zero-order chi connectivity index (χ0) is 14.9. The summed E-state index contributed by atoms with van der Waals surface area (Å²) in [4.78, 5) is 1.78. The lowest BCUT2D eigenvalue weighted by Crippen LogP contribution is -2.25. The van der Waals surface area contributed by atoms with Crippen molar-refractivity contribution >= 4 is 65.8 Å². The standard InChI is InChI=1S/C11H11BrN2O2S4/c1-14(5-8-4-7(12)6-18-8)20(15,16)10-3-2-9(19-10)11(13)17/h2-4,6H,5H2,1H3,(H2,13,17). The van der Waals surface area contributed by atoms with Crippen molar-refractivity contribution in [2.75, 3.05) is 7.05 Å². The zero-order valence-electron chi connectivity index (χ0n) is 10.4. The van der Waals surface area contributed by atoms with E-state index in [1.807, 2.05) is 11.4 Å². The van der Waals surface area contributed by atoms with Crippen LogP contribution in [0.15, 0.2) is 32.3 Å². The summed E-state index contributed by atoms with van der Waals surface area (Å²) < 4.78 is 27.4. The number of thiocarbonyl (C=S) groups is 1. The monoisotopic (exact) mass is 410 g/mol. The first-order valence-corrected chi connectivity index (χ1v) is 9.73. The first-order valence-electron chi connectivity index (χ1n) is 5.39. The van der Waals surface area contributed by atoms with Crippen LogP contribution in [-0.4, -0.2) is 24.8 Å². The molecular weight excluding hydrogens is 400 g/mol. The molecule has 0 atom stereocenters. The van der Waals surface area contributed by atoms with Crippen molar-refractivity contribution in [2.45, 2.75) is 10.8 Å². The quantitative estimate of drug-likeness (QED) is 0.769. The van der Waals surface area contributed by atoms with Crippen LogP contribution in [0.4, 0.5) is 0 Å². The highest BCUT2D eigenvalue weighted by Gasteiger charge is 2.23. The molecule has 2 heterocycles. The SMILES string of the molecule is CN(Cc1cc(Br)cs1)S(=O)(=O)c1ccc(C(N)=S)s1. The summed E-state index contributed by atoms with van der Waals surface area (Å²) in [5.41, 5.74) is 5.50. The molecule has 2 N–H and O–H groups in total. The molecule has 0 unspecified atom stereocenters. The fourth-order valence-corrected chi connectivity index (χ4v) is 5.78. The van der Waals surface area contributed by atoms with E-state index in [9.17, 15) is 8.42 Å². The Bertz CT molecular complexity index is 735. The topological polar surface area (TPSA) is 63.4 Å². The van der Waals surface area contributed by atoms with Crippen LogP contribution in [-0.2, 0) is 16.6 Å². The third-order valence-corrected chi connectivity index (χ3v) is 7.91. The smallest absolute Gasteiger partial charge is 0.252 e. The summed E-state index contributed by atoms with van der Waals surface area (Å²) >= 11 is 10.8. The summed E-state index contributed by atoms with van der Waals surface area (Å²) in [6.07, 6.45) is 0. The average Bonchev–Trinajstić information content (AvgIpc) is 2.98. The molecule has 0 bridgehead atoms. The highest BCUT2D eigenvalue weighted by molar-refractivity contribution is 9.10. The fourth-order valence-electron chi connectivity index (χ4n) is 1.49. The van der Waals surface area contributed by atoms with Crippen LogP contribution >= 0.6 is 50.8 Å². The van der Waals surface area contributed by atoms with Gasteiger partial charge in [0, 0.05) is 28.3 Å². The minimum atomic E-state index is -3.51. The lowest BCUT2D eigenvalue weighted by atomic mass is 10.5. The summed E-state index contributed by atoms with van der Waals surface area (Å²) in [5, 5.41) is 1.92. The molecule has 0 aromatic carbocycles. The Hall–Kier alpha value is -0.320. The third kappa shape index (κ3) is 3.46. The number of nitrogens with two attached hydrogens (primary N) is 1. The van der Waals surface area contributed by atoms with Gasteiger partial charge in [0.25, 0.3) is 10.0 Å². The van der Waals surface area contributed by atoms with E-state index < -0.39 is 10.0 Å². The van der Waals surface area contributed by atoms with Crippen LogP contribution in [0.25, 0.3) is 0 Å². The molecular formula is C11H11BrN2O2S4. The predicted octanol–water partition coefficient (Wildman–Crippen LogP) is 3.03. The van der Waals surface area contributed by atoms with Gasteiger partial charge >= 0.3 is 0 Å². The molecule has 0 saturated heterocycles. The highest BCUT2D eigenvalue weighted by atomic mass is 79.9. The molecule has 20 heavy (non-hydrogen) atoms. The zero-order valence-corrected chi connectivity index (χ0v) is 15.2. The van der Waals surface area contributed by atoms with Gasteiger partial charge in [0.2, 0.25) is 0 Å². The van der Waals surface area contributed by atoms with E-state index in [0.29, 0.717) is 11.4 Å². The van der Waals surface area contributed by atoms with E-state index in [-0.39, 0.29) is 9.20 Å². The number of sulfonamides is 1. The van der Waals surface area contributed by atoms with E-state index in [0.717, 1.165) is 20.7 Å². The van der Waals surface area contributed by atoms with E-state index in [1.165, 1.54) is 21.7 Å². The maximum atomic E-state index is 12.4. The van der Waals surface area contributed by atoms with E-state index in [1.54, 1.807) is 13.1 Å². The first-order chi connectivity index (χ1) is 9.30. The van der Waals surface area contributed by atoms with Crippen LogP contribution in [0, 0.1) is 0 Å². The second kappa shape index (κ2) is 6.20. The van der Waals surface area contributed by atoms with Crippen LogP contribution < -0.4 is 5.73 Å². The van der Waals surface area contributed by atoms with E-state index in [2.05, 4.69) is 15.9 Å². The largest absolute Gasteiger partial charge is 0.389 e. The Labute approximate surface area is 139 Å². The Morgan fingerprint density at radius 3 is 2.70 bits per heavy atom. The Morgan fingerprint density at radius 1 is 1.50 bits per heavy atom. The molecule has 0 aliphatic heterocycles. The minimum Gasteiger partial charge on any atom is -0.389 e. The molecule has 0 aliphatic rings. The van der Waals surface area contributed by atoms with Gasteiger partial charge in [-0.15, -0.1) is 22.7 Å². The van der Waals surface area contributed by atoms with Crippen molar-refractivity contribution in [1.82, 2.24) is 4.31 Å². The Kier molecular flexibility index (Phi) is 4.98. The molecule has 0 aliphatic carbocycles. The maximum absolute atomic E-state index is 12.4. The van der Waals surface area contributed by atoms with Crippen molar-refractivity contribution in [3.63, 3.8) is 0 Å². The molecule has 0 saturated carbocycles. The molecule has 0 fully saturated rings. The van der Waals surface area contributed by atoms with Crippen LogP contribution in [0.1, 0.15) is 9.75 Å². The summed E-state index contributed by atoms with van der Waals surface area (Å²) in [7, 11) is -1.95. The van der Waals surface area contributed by atoms with E-state index >= 15 is 0 Å². The summed E-state index contributed by atoms with van der Waals surface area (Å²) in [6, 6.07) is 5.08. The van der Waals surface area contributed by atoms with Crippen LogP contribution in [0.2, 0.25) is 0 Å². The molecule has 0 amide bonds. The van der Waals surface area contributed by atoms with Crippen LogP contribution in [0.5, 0.6) is 0 Å². The molecule has 0 spiro atoms. The van der Waals surface area contributed by atoms with Crippen molar-refractivity contribution in [1.29, 1.82) is 0 Å². The van der Waals surface area contributed by atoms with Crippen molar-refractivity contribution in [2.24, 2.45) is 5.73 Å². The lowest BCUT2D eigenvalue weighted by molar-refractivity contribution is 0.471. The van der Waals surface area contributed by atoms with Gasteiger partial charge in [0.1, 0.15) is 9.20 Å². The number of rotatable bonds is 5. The van der Waals surface area contributed by atoms with Crippen LogP contribution in [0.3, 0.4) is 0 Å². The minimum absolute atomic E-state index is 0.210. The molecule has 2 rings (SSSR count). The summed E-state index contributed by atoms with van der Waals surface area (Å²) in [5.74, 6) is 0. The van der Waals surface area contributed by atoms with Crippen molar-refractivity contribution in [3.05, 3.63) is 37.8 Å². The van der Waals surface area contributed by atoms with Gasteiger partial charge in [-0.25, -0.2) is 8.42 Å². The van der Waals surface area contributed by atoms with Gasteiger partial charge in [-0.05, 0) is 34.1 Å². The molecule has 2 aromatic heterocycles. The van der Waals surface area contributed by atoms with Gasteiger partial charge in [-0.2, -0.15) is 4.31 Å². The maximum Gasteiger partial charge on any atom is 0.252 e. The average molecular weight is 411 g/mol. The molecule has 4 nitrogen and oxygen atoms in total. The molecule has 2 aromatic rings.